The van der Waals surface area contributed by atoms with Crippen LogP contribution in [0.25, 0.3) is 44.5 Å². The van der Waals surface area contributed by atoms with Gasteiger partial charge >= 0.3 is 0 Å². The van der Waals surface area contributed by atoms with Gasteiger partial charge in [0.25, 0.3) is 0 Å². The van der Waals surface area contributed by atoms with Crippen molar-refractivity contribution in [1.29, 1.82) is 0 Å². The molecule has 0 aliphatic carbocycles. The van der Waals surface area contributed by atoms with Crippen LogP contribution in [0.1, 0.15) is 0 Å². The van der Waals surface area contributed by atoms with Crippen molar-refractivity contribution < 1.29 is 4.74 Å². The lowest BCUT2D eigenvalue weighted by atomic mass is 9.97. The standard InChI is InChI=1S/C54H38N2O/c1-4-15-39(16-5-1)42-27-31-47(32-28-42)55(50-37-45(40-17-6-2-7-18-40)35-46(38-50)41-19-8-3-9-20-41)48-33-29-43(30-34-48)44-21-14-22-49(36-44)56-51-23-10-12-25-53(51)57-54-26-13-11-24-52(54)56/h1-38H. The van der Waals surface area contributed by atoms with Gasteiger partial charge in [-0.15, -0.1) is 0 Å². The number of anilines is 6. The fourth-order valence-electron chi connectivity index (χ4n) is 7.83. The van der Waals surface area contributed by atoms with Crippen LogP contribution in [0.5, 0.6) is 11.5 Å². The highest BCUT2D eigenvalue weighted by Gasteiger charge is 2.25. The molecule has 57 heavy (non-hydrogen) atoms. The molecule has 0 aromatic heterocycles. The summed E-state index contributed by atoms with van der Waals surface area (Å²) in [5.41, 5.74) is 15.7. The molecule has 0 fully saturated rings. The maximum Gasteiger partial charge on any atom is 0.151 e. The van der Waals surface area contributed by atoms with Crippen LogP contribution in [0, 0.1) is 0 Å². The predicted octanol–water partition coefficient (Wildman–Crippen LogP) is 15.4. The Labute approximate surface area is 334 Å². The topological polar surface area (TPSA) is 15.7 Å². The Hall–Kier alpha value is -7.62. The molecule has 0 radical (unpaired) electrons. The summed E-state index contributed by atoms with van der Waals surface area (Å²) in [4.78, 5) is 4.66. The number of rotatable bonds is 8. The van der Waals surface area contributed by atoms with Crippen molar-refractivity contribution in [1.82, 2.24) is 0 Å². The zero-order chi connectivity index (χ0) is 38.0. The van der Waals surface area contributed by atoms with Crippen LogP contribution >= 0.6 is 0 Å². The molecule has 0 saturated heterocycles. The van der Waals surface area contributed by atoms with Gasteiger partial charge in [0.15, 0.2) is 11.5 Å². The van der Waals surface area contributed by atoms with Crippen molar-refractivity contribution in [3.05, 3.63) is 231 Å². The first-order valence-corrected chi connectivity index (χ1v) is 19.3. The zero-order valence-electron chi connectivity index (χ0n) is 31.2. The summed E-state index contributed by atoms with van der Waals surface area (Å²) >= 11 is 0. The quantitative estimate of drug-likeness (QED) is 0.155. The third kappa shape index (κ3) is 6.73. The van der Waals surface area contributed by atoms with Gasteiger partial charge in [-0.1, -0.05) is 152 Å². The molecule has 9 aromatic rings. The Morgan fingerprint density at radius 3 is 1.19 bits per heavy atom. The number of ether oxygens (including phenoxy) is 1. The summed E-state index contributed by atoms with van der Waals surface area (Å²) in [5.74, 6) is 1.68. The first kappa shape index (κ1) is 33.9. The lowest BCUT2D eigenvalue weighted by Gasteiger charge is -2.33. The van der Waals surface area contributed by atoms with Crippen molar-refractivity contribution in [3.63, 3.8) is 0 Å². The van der Waals surface area contributed by atoms with Crippen LogP contribution in [0.4, 0.5) is 34.1 Å². The molecular weight excluding hydrogens is 693 g/mol. The second-order valence-electron chi connectivity index (χ2n) is 14.2. The number of fused-ring (bicyclic) bond motifs is 2. The normalized spacial score (nSPS) is 11.6. The van der Waals surface area contributed by atoms with Crippen LogP contribution < -0.4 is 14.5 Å². The Balaban J connectivity index is 1.07. The van der Waals surface area contributed by atoms with Crippen molar-refractivity contribution in [2.75, 3.05) is 9.80 Å². The lowest BCUT2D eigenvalue weighted by Crippen LogP contribution is -2.15. The predicted molar refractivity (Wildman–Crippen MR) is 238 cm³/mol. The Bertz CT molecular complexity index is 2700. The van der Waals surface area contributed by atoms with Crippen LogP contribution in [0.3, 0.4) is 0 Å². The zero-order valence-corrected chi connectivity index (χ0v) is 31.2. The number of hydrogen-bond donors (Lipinski definition) is 0. The van der Waals surface area contributed by atoms with Gasteiger partial charge in [-0.25, -0.2) is 0 Å². The van der Waals surface area contributed by atoms with E-state index in [9.17, 15) is 0 Å². The summed E-state index contributed by atoms with van der Waals surface area (Å²) in [6, 6.07) is 81.8. The Morgan fingerprint density at radius 1 is 0.281 bits per heavy atom. The summed E-state index contributed by atoms with van der Waals surface area (Å²) < 4.78 is 6.30. The van der Waals surface area contributed by atoms with E-state index in [0.717, 1.165) is 67.9 Å². The molecule has 0 amide bonds. The maximum atomic E-state index is 6.30. The van der Waals surface area contributed by atoms with Crippen LogP contribution in [-0.2, 0) is 0 Å². The number of nitrogens with zero attached hydrogens (tertiary/aromatic N) is 2. The van der Waals surface area contributed by atoms with Crippen molar-refractivity contribution in [2.45, 2.75) is 0 Å². The largest absolute Gasteiger partial charge is 0.453 e. The highest BCUT2D eigenvalue weighted by atomic mass is 16.5. The summed E-state index contributed by atoms with van der Waals surface area (Å²) in [5, 5.41) is 0. The molecule has 3 heteroatoms. The van der Waals surface area contributed by atoms with Crippen molar-refractivity contribution >= 4 is 34.1 Å². The average molecular weight is 731 g/mol. The molecule has 0 atom stereocenters. The summed E-state index contributed by atoms with van der Waals surface area (Å²) in [7, 11) is 0. The van der Waals surface area contributed by atoms with E-state index in [1.54, 1.807) is 0 Å². The van der Waals surface area contributed by atoms with Gasteiger partial charge in [-0.3, -0.25) is 0 Å². The minimum absolute atomic E-state index is 0.842. The summed E-state index contributed by atoms with van der Waals surface area (Å²) in [6.45, 7) is 0. The molecule has 1 aliphatic rings. The first-order valence-electron chi connectivity index (χ1n) is 19.3. The molecule has 270 valence electrons. The number of benzene rings is 9. The fraction of sp³-hybridized carbons (Fsp3) is 0. The number of hydrogen-bond acceptors (Lipinski definition) is 3. The van der Waals surface area contributed by atoms with E-state index in [0.29, 0.717) is 0 Å². The maximum absolute atomic E-state index is 6.30. The van der Waals surface area contributed by atoms with Gasteiger partial charge in [-0.2, -0.15) is 0 Å². The van der Waals surface area contributed by atoms with Crippen molar-refractivity contribution in [2.24, 2.45) is 0 Å². The highest BCUT2D eigenvalue weighted by molar-refractivity contribution is 5.89. The minimum Gasteiger partial charge on any atom is -0.453 e. The Morgan fingerprint density at radius 2 is 0.684 bits per heavy atom. The third-order valence-electron chi connectivity index (χ3n) is 10.6. The molecule has 0 bridgehead atoms. The fourth-order valence-corrected chi connectivity index (χ4v) is 7.83. The van der Waals surface area contributed by atoms with Gasteiger partial charge in [-0.05, 0) is 123 Å². The second-order valence-corrected chi connectivity index (χ2v) is 14.2. The van der Waals surface area contributed by atoms with E-state index in [-0.39, 0.29) is 0 Å². The molecule has 10 rings (SSSR count). The van der Waals surface area contributed by atoms with Gasteiger partial charge in [0.1, 0.15) is 0 Å². The van der Waals surface area contributed by atoms with E-state index < -0.39 is 0 Å². The molecule has 9 aromatic carbocycles. The summed E-state index contributed by atoms with van der Waals surface area (Å²) in [6.07, 6.45) is 0. The van der Waals surface area contributed by atoms with Crippen LogP contribution in [-0.4, -0.2) is 0 Å². The third-order valence-corrected chi connectivity index (χ3v) is 10.6. The molecular formula is C54H38N2O. The van der Waals surface area contributed by atoms with E-state index in [1.165, 1.54) is 22.3 Å². The molecule has 1 aliphatic heterocycles. The SMILES string of the molecule is c1ccc(-c2ccc(N(c3ccc(-c4cccc(N5c6ccccc6Oc6ccccc65)c4)cc3)c3cc(-c4ccccc4)cc(-c4ccccc4)c3)cc2)cc1. The van der Waals surface area contributed by atoms with Gasteiger partial charge in [0, 0.05) is 22.7 Å². The molecule has 0 spiro atoms. The molecule has 0 saturated carbocycles. The van der Waals surface area contributed by atoms with Gasteiger partial charge < -0.3 is 14.5 Å². The molecule has 3 nitrogen and oxygen atoms in total. The average Bonchev–Trinajstić information content (AvgIpc) is 3.29. The highest BCUT2D eigenvalue weighted by Crippen LogP contribution is 2.50. The van der Waals surface area contributed by atoms with E-state index in [2.05, 4.69) is 216 Å². The van der Waals surface area contributed by atoms with E-state index in [1.807, 2.05) is 24.3 Å². The molecule has 0 N–H and O–H groups in total. The second kappa shape index (κ2) is 14.9. The first-order chi connectivity index (χ1) is 28.2. The van der Waals surface area contributed by atoms with Gasteiger partial charge in [0.2, 0.25) is 0 Å². The molecule has 1 heterocycles. The van der Waals surface area contributed by atoms with Gasteiger partial charge in [0.05, 0.1) is 11.4 Å². The van der Waals surface area contributed by atoms with E-state index >= 15 is 0 Å². The lowest BCUT2D eigenvalue weighted by molar-refractivity contribution is 0.477. The smallest absolute Gasteiger partial charge is 0.151 e. The van der Waals surface area contributed by atoms with Crippen molar-refractivity contribution in [3.8, 4) is 56.0 Å². The number of para-hydroxylation sites is 4. The minimum atomic E-state index is 0.842. The monoisotopic (exact) mass is 730 g/mol. The van der Waals surface area contributed by atoms with E-state index in [4.69, 9.17) is 4.74 Å². The van der Waals surface area contributed by atoms with Crippen LogP contribution in [0.15, 0.2) is 231 Å². The molecule has 0 unspecified atom stereocenters. The van der Waals surface area contributed by atoms with Crippen LogP contribution in [0.2, 0.25) is 0 Å². The Kier molecular flexibility index (Phi) is 8.86.